The summed E-state index contributed by atoms with van der Waals surface area (Å²) >= 11 is 0. The van der Waals surface area contributed by atoms with Crippen LogP contribution in [0.2, 0.25) is 0 Å². The molecule has 0 saturated heterocycles. The minimum Gasteiger partial charge on any atom is -0.398 e. The molecule has 3 N–H and O–H groups in total. The van der Waals surface area contributed by atoms with Crippen LogP contribution in [0.25, 0.3) is 0 Å². The van der Waals surface area contributed by atoms with Crippen molar-refractivity contribution in [3.8, 4) is 0 Å². The molecule has 0 fully saturated rings. The first kappa shape index (κ1) is 11.0. The van der Waals surface area contributed by atoms with Crippen molar-refractivity contribution in [2.75, 3.05) is 5.73 Å². The van der Waals surface area contributed by atoms with Crippen LogP contribution >= 0.6 is 0 Å². The van der Waals surface area contributed by atoms with Crippen molar-refractivity contribution in [1.29, 1.82) is 0 Å². The van der Waals surface area contributed by atoms with Gasteiger partial charge < -0.3 is 10.8 Å². The Bertz CT molecular complexity index is 331. The van der Waals surface area contributed by atoms with Gasteiger partial charge in [-0.05, 0) is 23.6 Å². The molecule has 1 unspecified atom stereocenters. The quantitative estimate of drug-likeness (QED) is 0.679. The molecule has 0 aromatic heterocycles. The van der Waals surface area contributed by atoms with Gasteiger partial charge in [0.25, 0.3) is 0 Å². The van der Waals surface area contributed by atoms with Gasteiger partial charge in [-0.3, -0.25) is 0 Å². The van der Waals surface area contributed by atoms with Crippen LogP contribution < -0.4 is 5.73 Å². The Morgan fingerprint density at radius 3 is 2.43 bits per heavy atom. The largest absolute Gasteiger partial charge is 0.398 e. The van der Waals surface area contributed by atoms with Crippen LogP contribution in [0.15, 0.2) is 18.2 Å². The number of nitrogen functional groups attached to an aromatic ring is 1. The Balaban J connectivity index is 3.12. The number of rotatable bonds is 1. The molecule has 78 valence electrons. The van der Waals surface area contributed by atoms with Crippen molar-refractivity contribution in [2.45, 2.75) is 26.9 Å². The van der Waals surface area contributed by atoms with Crippen LogP contribution in [0, 0.1) is 11.2 Å². The van der Waals surface area contributed by atoms with Gasteiger partial charge in [0, 0.05) is 11.3 Å². The monoisotopic (exact) mass is 197 g/mol. The second-order valence-corrected chi connectivity index (χ2v) is 4.54. The molecule has 0 bridgehead atoms. The predicted octanol–water partition coefficient (Wildman–Crippen LogP) is 2.49. The van der Waals surface area contributed by atoms with E-state index in [1.54, 1.807) is 0 Å². The molecule has 0 aliphatic heterocycles. The summed E-state index contributed by atoms with van der Waals surface area (Å²) in [5, 5.41) is 9.92. The second kappa shape index (κ2) is 3.58. The third-order valence-electron chi connectivity index (χ3n) is 2.16. The fourth-order valence-electron chi connectivity index (χ4n) is 1.25. The van der Waals surface area contributed by atoms with E-state index in [9.17, 15) is 9.50 Å². The maximum absolute atomic E-state index is 12.9. The van der Waals surface area contributed by atoms with Crippen molar-refractivity contribution >= 4 is 5.69 Å². The van der Waals surface area contributed by atoms with Gasteiger partial charge in [0.2, 0.25) is 0 Å². The van der Waals surface area contributed by atoms with Gasteiger partial charge in [-0.25, -0.2) is 4.39 Å². The van der Waals surface area contributed by atoms with Gasteiger partial charge in [-0.1, -0.05) is 20.8 Å². The van der Waals surface area contributed by atoms with Gasteiger partial charge in [-0.2, -0.15) is 0 Å². The van der Waals surface area contributed by atoms with E-state index in [2.05, 4.69) is 0 Å². The standard InChI is InChI=1S/C11H16FNO/c1-11(2,3)10(14)8-6-7(12)4-5-9(8)13/h4-6,10,14H,13H2,1-3H3. The Morgan fingerprint density at radius 2 is 1.93 bits per heavy atom. The van der Waals surface area contributed by atoms with Gasteiger partial charge in [0.05, 0.1) is 6.10 Å². The highest BCUT2D eigenvalue weighted by atomic mass is 19.1. The van der Waals surface area contributed by atoms with E-state index < -0.39 is 6.10 Å². The van der Waals surface area contributed by atoms with E-state index in [1.165, 1.54) is 18.2 Å². The Labute approximate surface area is 83.6 Å². The lowest BCUT2D eigenvalue weighted by molar-refractivity contribution is 0.0630. The molecule has 2 nitrogen and oxygen atoms in total. The number of nitrogens with two attached hydrogens (primary N) is 1. The summed E-state index contributed by atoms with van der Waals surface area (Å²) < 4.78 is 12.9. The highest BCUT2D eigenvalue weighted by molar-refractivity contribution is 5.48. The maximum atomic E-state index is 12.9. The number of hydrogen-bond acceptors (Lipinski definition) is 2. The molecule has 0 radical (unpaired) electrons. The van der Waals surface area contributed by atoms with Crippen molar-refractivity contribution in [2.24, 2.45) is 5.41 Å². The van der Waals surface area contributed by atoms with Crippen molar-refractivity contribution in [3.63, 3.8) is 0 Å². The van der Waals surface area contributed by atoms with E-state index in [1.807, 2.05) is 20.8 Å². The van der Waals surface area contributed by atoms with Crippen molar-refractivity contribution in [3.05, 3.63) is 29.6 Å². The van der Waals surface area contributed by atoms with Gasteiger partial charge in [-0.15, -0.1) is 0 Å². The summed E-state index contributed by atoms with van der Waals surface area (Å²) in [5.41, 5.74) is 6.20. The number of hydrogen-bond donors (Lipinski definition) is 2. The fraction of sp³-hybridized carbons (Fsp3) is 0.455. The summed E-state index contributed by atoms with van der Waals surface area (Å²) in [5.74, 6) is -0.377. The lowest BCUT2D eigenvalue weighted by atomic mass is 9.84. The predicted molar refractivity (Wildman–Crippen MR) is 55.2 cm³/mol. The molecule has 0 aliphatic rings. The van der Waals surface area contributed by atoms with E-state index in [4.69, 9.17) is 5.73 Å². The Morgan fingerprint density at radius 1 is 1.36 bits per heavy atom. The maximum Gasteiger partial charge on any atom is 0.123 e. The van der Waals surface area contributed by atoms with Gasteiger partial charge in [0.15, 0.2) is 0 Å². The lowest BCUT2D eigenvalue weighted by Crippen LogP contribution is -2.19. The summed E-state index contributed by atoms with van der Waals surface area (Å²) in [6, 6.07) is 4.04. The number of aliphatic hydroxyl groups is 1. The van der Waals surface area contributed by atoms with Crippen LogP contribution in [-0.2, 0) is 0 Å². The van der Waals surface area contributed by atoms with Crippen LogP contribution in [0.1, 0.15) is 32.4 Å². The first-order chi connectivity index (χ1) is 6.32. The number of aliphatic hydroxyl groups excluding tert-OH is 1. The first-order valence-electron chi connectivity index (χ1n) is 4.55. The minimum atomic E-state index is -0.752. The van der Waals surface area contributed by atoms with E-state index in [-0.39, 0.29) is 11.2 Å². The molecule has 0 aliphatic carbocycles. The molecule has 1 rings (SSSR count). The molecule has 0 spiro atoms. The van der Waals surface area contributed by atoms with Crippen LogP contribution in [0.4, 0.5) is 10.1 Å². The van der Waals surface area contributed by atoms with Crippen molar-refractivity contribution in [1.82, 2.24) is 0 Å². The van der Waals surface area contributed by atoms with Crippen LogP contribution in [-0.4, -0.2) is 5.11 Å². The number of benzene rings is 1. The lowest BCUT2D eigenvalue weighted by Gasteiger charge is -2.27. The molecule has 14 heavy (non-hydrogen) atoms. The second-order valence-electron chi connectivity index (χ2n) is 4.54. The highest BCUT2D eigenvalue weighted by Gasteiger charge is 2.25. The normalized spacial score (nSPS) is 14.1. The zero-order chi connectivity index (χ0) is 10.9. The molecule has 1 atom stereocenters. The molecule has 0 amide bonds. The summed E-state index contributed by atoms with van der Waals surface area (Å²) in [4.78, 5) is 0. The summed E-state index contributed by atoms with van der Waals surface area (Å²) in [6.07, 6.45) is -0.752. The molecular weight excluding hydrogens is 181 g/mol. The smallest absolute Gasteiger partial charge is 0.123 e. The van der Waals surface area contributed by atoms with Crippen molar-refractivity contribution < 1.29 is 9.50 Å². The van der Waals surface area contributed by atoms with Gasteiger partial charge >= 0.3 is 0 Å². The number of anilines is 1. The first-order valence-corrected chi connectivity index (χ1v) is 4.55. The average molecular weight is 197 g/mol. The summed E-state index contributed by atoms with van der Waals surface area (Å²) in [7, 11) is 0. The zero-order valence-corrected chi connectivity index (χ0v) is 8.71. The number of halogens is 1. The summed E-state index contributed by atoms with van der Waals surface area (Å²) in [6.45, 7) is 5.63. The molecule has 0 heterocycles. The Kier molecular flexibility index (Phi) is 2.81. The molecule has 0 saturated carbocycles. The zero-order valence-electron chi connectivity index (χ0n) is 8.71. The third kappa shape index (κ3) is 2.23. The van der Waals surface area contributed by atoms with E-state index >= 15 is 0 Å². The third-order valence-corrected chi connectivity index (χ3v) is 2.16. The van der Waals surface area contributed by atoms with E-state index in [0.717, 1.165) is 0 Å². The fourth-order valence-corrected chi connectivity index (χ4v) is 1.25. The van der Waals surface area contributed by atoms with Gasteiger partial charge in [0.1, 0.15) is 5.82 Å². The molecule has 3 heteroatoms. The van der Waals surface area contributed by atoms with Crippen LogP contribution in [0.5, 0.6) is 0 Å². The molecule has 1 aromatic carbocycles. The van der Waals surface area contributed by atoms with Crippen LogP contribution in [0.3, 0.4) is 0 Å². The Hall–Kier alpha value is -1.09. The minimum absolute atomic E-state index is 0.345. The SMILES string of the molecule is CC(C)(C)C(O)c1cc(F)ccc1N. The van der Waals surface area contributed by atoms with E-state index in [0.29, 0.717) is 11.3 Å². The topological polar surface area (TPSA) is 46.2 Å². The molecular formula is C11H16FNO. The highest BCUT2D eigenvalue weighted by Crippen LogP contribution is 2.35. The average Bonchev–Trinajstić information content (AvgIpc) is 2.06. The molecule has 1 aromatic rings.